The van der Waals surface area contributed by atoms with E-state index >= 15 is 0 Å². The Morgan fingerprint density at radius 2 is 2.11 bits per heavy atom. The Balaban J connectivity index is 1.91. The first-order valence-electron chi connectivity index (χ1n) is 7.30. The monoisotopic (exact) mass is 261 g/mol. The summed E-state index contributed by atoms with van der Waals surface area (Å²) in [6, 6.07) is 8.66. The van der Waals surface area contributed by atoms with E-state index in [-0.39, 0.29) is 0 Å². The Morgan fingerprint density at radius 3 is 2.84 bits per heavy atom. The van der Waals surface area contributed by atoms with E-state index in [0.717, 1.165) is 19.0 Å². The number of nitrogens with zero attached hydrogens (tertiary/aromatic N) is 2. The van der Waals surface area contributed by atoms with Crippen LogP contribution in [0, 0.1) is 5.92 Å². The summed E-state index contributed by atoms with van der Waals surface area (Å²) < 4.78 is 0. The first-order chi connectivity index (χ1) is 9.15. The highest BCUT2D eigenvalue weighted by Crippen LogP contribution is 2.19. The van der Waals surface area contributed by atoms with Crippen molar-refractivity contribution in [3.8, 4) is 0 Å². The molecule has 1 saturated heterocycles. The minimum Gasteiger partial charge on any atom is -0.384 e. The molecule has 3 heteroatoms. The lowest BCUT2D eigenvalue weighted by molar-refractivity contribution is 0.217. The number of hydrogen-bond acceptors (Lipinski definition) is 3. The summed E-state index contributed by atoms with van der Waals surface area (Å²) in [6.45, 7) is 4.57. The van der Waals surface area contributed by atoms with Crippen molar-refractivity contribution in [2.45, 2.75) is 19.4 Å². The average molecular weight is 261 g/mol. The van der Waals surface area contributed by atoms with Crippen LogP contribution in [0.3, 0.4) is 0 Å². The molecule has 3 nitrogen and oxygen atoms in total. The standard InChI is InChI=1S/C16H27N3/c1-18(2)13-15-8-4-5-9-16(15)17-11-14-7-6-10-19(3)12-14/h4-5,8-9,14,17H,6-7,10-13H2,1-3H3. The van der Waals surface area contributed by atoms with Gasteiger partial charge in [-0.3, -0.25) is 0 Å². The van der Waals surface area contributed by atoms with Gasteiger partial charge in [-0.05, 0) is 58.1 Å². The predicted octanol–water partition coefficient (Wildman–Crippen LogP) is 2.50. The zero-order chi connectivity index (χ0) is 13.7. The van der Waals surface area contributed by atoms with Gasteiger partial charge in [0.1, 0.15) is 0 Å². The van der Waals surface area contributed by atoms with Crippen LogP contribution in [0.5, 0.6) is 0 Å². The molecule has 1 aromatic carbocycles. The molecule has 0 amide bonds. The second kappa shape index (κ2) is 6.92. The van der Waals surface area contributed by atoms with Gasteiger partial charge in [0.2, 0.25) is 0 Å². The fourth-order valence-corrected chi connectivity index (χ4v) is 2.87. The summed E-state index contributed by atoms with van der Waals surface area (Å²) >= 11 is 0. The van der Waals surface area contributed by atoms with Crippen LogP contribution in [0.15, 0.2) is 24.3 Å². The van der Waals surface area contributed by atoms with Crippen LogP contribution in [0.2, 0.25) is 0 Å². The van der Waals surface area contributed by atoms with E-state index in [4.69, 9.17) is 0 Å². The number of benzene rings is 1. The molecule has 0 spiro atoms. The van der Waals surface area contributed by atoms with Gasteiger partial charge in [0.05, 0.1) is 0 Å². The summed E-state index contributed by atoms with van der Waals surface area (Å²) in [5, 5.41) is 3.66. The van der Waals surface area contributed by atoms with Crippen LogP contribution in [0.25, 0.3) is 0 Å². The van der Waals surface area contributed by atoms with Crippen molar-refractivity contribution in [1.29, 1.82) is 0 Å². The Bertz CT molecular complexity index is 389. The van der Waals surface area contributed by atoms with Crippen LogP contribution in [0.1, 0.15) is 18.4 Å². The zero-order valence-corrected chi connectivity index (χ0v) is 12.5. The van der Waals surface area contributed by atoms with Crippen LogP contribution in [0.4, 0.5) is 5.69 Å². The summed E-state index contributed by atoms with van der Waals surface area (Å²) in [6.07, 6.45) is 2.69. The Hall–Kier alpha value is -1.06. The molecule has 19 heavy (non-hydrogen) atoms. The number of rotatable bonds is 5. The Labute approximate surface area is 117 Å². The van der Waals surface area contributed by atoms with Crippen LogP contribution in [-0.4, -0.2) is 50.6 Å². The molecule has 1 aromatic rings. The Kier molecular flexibility index (Phi) is 5.23. The van der Waals surface area contributed by atoms with Crippen molar-refractivity contribution in [2.75, 3.05) is 46.1 Å². The third-order valence-electron chi connectivity index (χ3n) is 3.81. The smallest absolute Gasteiger partial charge is 0.0385 e. The molecule has 0 saturated carbocycles. The first-order valence-corrected chi connectivity index (χ1v) is 7.30. The molecule has 0 aliphatic carbocycles. The molecule has 1 aliphatic heterocycles. The zero-order valence-electron chi connectivity index (χ0n) is 12.5. The number of para-hydroxylation sites is 1. The molecular formula is C16H27N3. The molecule has 1 aliphatic rings. The largest absolute Gasteiger partial charge is 0.384 e. The van der Waals surface area contributed by atoms with E-state index in [0.29, 0.717) is 0 Å². The van der Waals surface area contributed by atoms with Gasteiger partial charge in [0.15, 0.2) is 0 Å². The second-order valence-corrected chi connectivity index (χ2v) is 6.05. The number of hydrogen-bond donors (Lipinski definition) is 1. The van der Waals surface area contributed by atoms with Crippen molar-refractivity contribution in [1.82, 2.24) is 9.80 Å². The number of likely N-dealkylation sites (tertiary alicyclic amines) is 1. The average Bonchev–Trinajstić information content (AvgIpc) is 2.37. The van der Waals surface area contributed by atoms with E-state index < -0.39 is 0 Å². The lowest BCUT2D eigenvalue weighted by Crippen LogP contribution is -2.35. The lowest BCUT2D eigenvalue weighted by Gasteiger charge is -2.30. The van der Waals surface area contributed by atoms with Gasteiger partial charge < -0.3 is 15.1 Å². The van der Waals surface area contributed by atoms with Gasteiger partial charge in [-0.1, -0.05) is 18.2 Å². The minimum atomic E-state index is 0.783. The van der Waals surface area contributed by atoms with E-state index in [1.807, 2.05) is 0 Å². The number of anilines is 1. The van der Waals surface area contributed by atoms with Gasteiger partial charge in [0.25, 0.3) is 0 Å². The maximum Gasteiger partial charge on any atom is 0.0385 e. The van der Waals surface area contributed by atoms with Crippen molar-refractivity contribution < 1.29 is 0 Å². The van der Waals surface area contributed by atoms with Crippen molar-refractivity contribution in [2.24, 2.45) is 5.92 Å². The van der Waals surface area contributed by atoms with Crippen LogP contribution in [-0.2, 0) is 6.54 Å². The molecule has 0 bridgehead atoms. The molecule has 0 aromatic heterocycles. The van der Waals surface area contributed by atoms with Crippen LogP contribution >= 0.6 is 0 Å². The van der Waals surface area contributed by atoms with Crippen molar-refractivity contribution in [3.63, 3.8) is 0 Å². The lowest BCUT2D eigenvalue weighted by atomic mass is 9.98. The first kappa shape index (κ1) is 14.4. The SMILES string of the molecule is CN(C)Cc1ccccc1NCC1CCCN(C)C1. The molecule has 1 atom stereocenters. The number of nitrogens with one attached hydrogen (secondary N) is 1. The van der Waals surface area contributed by atoms with E-state index in [1.54, 1.807) is 0 Å². The summed E-state index contributed by atoms with van der Waals surface area (Å²) in [5.74, 6) is 0.783. The fourth-order valence-electron chi connectivity index (χ4n) is 2.87. The number of piperidine rings is 1. The third kappa shape index (κ3) is 4.51. The minimum absolute atomic E-state index is 0.783. The van der Waals surface area contributed by atoms with E-state index in [9.17, 15) is 0 Å². The molecule has 1 unspecified atom stereocenters. The maximum atomic E-state index is 3.66. The van der Waals surface area contributed by atoms with Crippen LogP contribution < -0.4 is 5.32 Å². The van der Waals surface area contributed by atoms with Gasteiger partial charge in [-0.15, -0.1) is 0 Å². The highest BCUT2D eigenvalue weighted by Gasteiger charge is 2.17. The topological polar surface area (TPSA) is 18.5 Å². The highest BCUT2D eigenvalue weighted by atomic mass is 15.1. The fraction of sp³-hybridized carbons (Fsp3) is 0.625. The van der Waals surface area contributed by atoms with Gasteiger partial charge >= 0.3 is 0 Å². The van der Waals surface area contributed by atoms with Gasteiger partial charge in [-0.25, -0.2) is 0 Å². The molecule has 1 heterocycles. The summed E-state index contributed by atoms with van der Waals surface area (Å²) in [7, 11) is 6.46. The quantitative estimate of drug-likeness (QED) is 0.878. The normalized spacial score (nSPS) is 20.7. The molecule has 1 fully saturated rings. The molecule has 2 rings (SSSR count). The molecule has 0 radical (unpaired) electrons. The van der Waals surface area contributed by atoms with E-state index in [2.05, 4.69) is 60.5 Å². The van der Waals surface area contributed by atoms with Gasteiger partial charge in [0, 0.05) is 25.3 Å². The van der Waals surface area contributed by atoms with Crippen molar-refractivity contribution >= 4 is 5.69 Å². The highest BCUT2D eigenvalue weighted by molar-refractivity contribution is 5.51. The van der Waals surface area contributed by atoms with Gasteiger partial charge in [-0.2, -0.15) is 0 Å². The molecule has 106 valence electrons. The predicted molar refractivity (Wildman–Crippen MR) is 82.5 cm³/mol. The maximum absolute atomic E-state index is 3.66. The molecule has 1 N–H and O–H groups in total. The summed E-state index contributed by atoms with van der Waals surface area (Å²) in [5.41, 5.74) is 2.68. The second-order valence-electron chi connectivity index (χ2n) is 6.05. The van der Waals surface area contributed by atoms with Crippen molar-refractivity contribution in [3.05, 3.63) is 29.8 Å². The third-order valence-corrected chi connectivity index (χ3v) is 3.81. The Morgan fingerprint density at radius 1 is 1.32 bits per heavy atom. The van der Waals surface area contributed by atoms with E-state index in [1.165, 1.54) is 37.2 Å². The molecular weight excluding hydrogens is 234 g/mol. The summed E-state index contributed by atoms with van der Waals surface area (Å²) in [4.78, 5) is 4.66.